The summed E-state index contributed by atoms with van der Waals surface area (Å²) >= 11 is 6.25. The second-order valence-electron chi connectivity index (χ2n) is 6.60. The van der Waals surface area contributed by atoms with E-state index in [0.717, 1.165) is 42.5 Å². The number of nitrogens with one attached hydrogen (secondary N) is 1. The van der Waals surface area contributed by atoms with E-state index in [1.54, 1.807) is 6.20 Å². The van der Waals surface area contributed by atoms with Crippen LogP contribution in [0.3, 0.4) is 0 Å². The van der Waals surface area contributed by atoms with Crippen LogP contribution in [0, 0.1) is 0 Å². The minimum absolute atomic E-state index is 0.0209. The highest BCUT2D eigenvalue weighted by Gasteiger charge is 2.28. The van der Waals surface area contributed by atoms with Gasteiger partial charge in [-0.25, -0.2) is 4.98 Å². The third-order valence-electron chi connectivity index (χ3n) is 3.69. The van der Waals surface area contributed by atoms with Crippen LogP contribution in [-0.2, 0) is 10.2 Å². The van der Waals surface area contributed by atoms with Crippen LogP contribution in [0.25, 0.3) is 0 Å². The van der Waals surface area contributed by atoms with E-state index in [0.29, 0.717) is 0 Å². The lowest BCUT2D eigenvalue weighted by atomic mass is 9.87. The van der Waals surface area contributed by atoms with Gasteiger partial charge in [-0.05, 0) is 36.8 Å². The summed E-state index contributed by atoms with van der Waals surface area (Å²) in [6.07, 6.45) is 3.75. The van der Waals surface area contributed by atoms with Gasteiger partial charge in [0.2, 0.25) is 0 Å². The Morgan fingerprint density at radius 2 is 1.95 bits per heavy atom. The average Bonchev–Trinajstić information content (AvgIpc) is 2.31. The van der Waals surface area contributed by atoms with Crippen molar-refractivity contribution in [3.8, 4) is 0 Å². The fraction of sp³-hybridized carbons (Fsp3) is 0.667. The fourth-order valence-corrected chi connectivity index (χ4v) is 2.72. The standard InChI is InChI=1S/C15H23ClN2O/c1-14(2,3)11-9-13(17-10-12(11)16)18-15(4)5-7-19-8-6-15/h9-10H,5-8H2,1-4H3,(H,17,18). The molecule has 1 aliphatic heterocycles. The zero-order valence-electron chi connectivity index (χ0n) is 12.2. The Morgan fingerprint density at radius 3 is 2.53 bits per heavy atom. The van der Waals surface area contributed by atoms with Gasteiger partial charge in [0.15, 0.2) is 0 Å². The number of aromatic nitrogens is 1. The summed E-state index contributed by atoms with van der Waals surface area (Å²) in [5.41, 5.74) is 1.21. The van der Waals surface area contributed by atoms with Crippen molar-refractivity contribution in [2.24, 2.45) is 0 Å². The molecular formula is C15H23ClN2O. The van der Waals surface area contributed by atoms with Gasteiger partial charge in [0.25, 0.3) is 0 Å². The van der Waals surface area contributed by atoms with Crippen LogP contribution in [0.1, 0.15) is 46.1 Å². The SMILES string of the molecule is CC1(Nc2cc(C(C)(C)C)c(Cl)cn2)CCOCC1. The average molecular weight is 283 g/mol. The first-order valence-corrected chi connectivity index (χ1v) is 7.20. The Kier molecular flexibility index (Phi) is 4.07. The Balaban J connectivity index is 2.21. The Hall–Kier alpha value is -0.800. The fourth-order valence-electron chi connectivity index (χ4n) is 2.34. The highest BCUT2D eigenvalue weighted by atomic mass is 35.5. The van der Waals surface area contributed by atoms with Crippen molar-refractivity contribution in [2.75, 3.05) is 18.5 Å². The van der Waals surface area contributed by atoms with Crippen LogP contribution in [0.5, 0.6) is 0 Å². The van der Waals surface area contributed by atoms with E-state index in [1.807, 2.05) is 0 Å². The lowest BCUT2D eigenvalue weighted by Gasteiger charge is -2.35. The summed E-state index contributed by atoms with van der Waals surface area (Å²) in [5.74, 6) is 0.902. The smallest absolute Gasteiger partial charge is 0.126 e. The minimum atomic E-state index is 0.0209. The quantitative estimate of drug-likeness (QED) is 0.890. The lowest BCUT2D eigenvalue weighted by molar-refractivity contribution is 0.0657. The predicted octanol–water partition coefficient (Wildman–Crippen LogP) is 4.01. The molecule has 1 N–H and O–H groups in total. The molecule has 0 aliphatic carbocycles. The first-order chi connectivity index (χ1) is 8.80. The molecule has 0 saturated carbocycles. The van der Waals surface area contributed by atoms with E-state index in [2.05, 4.69) is 44.1 Å². The van der Waals surface area contributed by atoms with Crippen LogP contribution in [0.4, 0.5) is 5.82 Å². The van der Waals surface area contributed by atoms with Crippen molar-refractivity contribution in [1.29, 1.82) is 0 Å². The van der Waals surface area contributed by atoms with Crippen molar-refractivity contribution in [1.82, 2.24) is 4.98 Å². The van der Waals surface area contributed by atoms with E-state index < -0.39 is 0 Å². The number of ether oxygens (including phenoxy) is 1. The zero-order chi connectivity index (χ0) is 14.1. The van der Waals surface area contributed by atoms with Gasteiger partial charge in [0.05, 0.1) is 5.02 Å². The van der Waals surface area contributed by atoms with Gasteiger partial charge >= 0.3 is 0 Å². The van der Waals surface area contributed by atoms with E-state index in [9.17, 15) is 0 Å². The van der Waals surface area contributed by atoms with Crippen LogP contribution >= 0.6 is 11.6 Å². The van der Waals surface area contributed by atoms with Crippen LogP contribution in [-0.4, -0.2) is 23.7 Å². The van der Waals surface area contributed by atoms with Crippen molar-refractivity contribution >= 4 is 17.4 Å². The molecule has 0 bridgehead atoms. The van der Waals surface area contributed by atoms with Gasteiger partial charge in [0, 0.05) is 24.9 Å². The Bertz CT molecular complexity index is 448. The van der Waals surface area contributed by atoms with Crippen molar-refractivity contribution in [3.63, 3.8) is 0 Å². The molecular weight excluding hydrogens is 260 g/mol. The van der Waals surface area contributed by atoms with Crippen LogP contribution in [0.2, 0.25) is 5.02 Å². The first-order valence-electron chi connectivity index (χ1n) is 6.82. The second-order valence-corrected chi connectivity index (χ2v) is 7.00. The normalized spacial score (nSPS) is 19.2. The van der Waals surface area contributed by atoms with Crippen LogP contribution in [0.15, 0.2) is 12.3 Å². The molecule has 2 heterocycles. The molecule has 1 fully saturated rings. The third kappa shape index (κ3) is 3.61. The Labute approximate surface area is 120 Å². The predicted molar refractivity (Wildman–Crippen MR) is 80.0 cm³/mol. The van der Waals surface area contributed by atoms with Gasteiger partial charge in [-0.15, -0.1) is 0 Å². The van der Waals surface area contributed by atoms with E-state index in [1.165, 1.54) is 0 Å². The summed E-state index contributed by atoms with van der Waals surface area (Å²) < 4.78 is 5.42. The van der Waals surface area contributed by atoms with Crippen molar-refractivity contribution < 1.29 is 4.74 Å². The van der Waals surface area contributed by atoms with Gasteiger partial charge < -0.3 is 10.1 Å². The largest absolute Gasteiger partial charge is 0.381 e. The molecule has 3 nitrogen and oxygen atoms in total. The molecule has 0 amide bonds. The van der Waals surface area contributed by atoms with Gasteiger partial charge in [-0.3, -0.25) is 0 Å². The molecule has 2 rings (SSSR count). The number of pyridine rings is 1. The van der Waals surface area contributed by atoms with E-state index in [-0.39, 0.29) is 11.0 Å². The summed E-state index contributed by atoms with van der Waals surface area (Å²) in [6, 6.07) is 2.07. The van der Waals surface area contributed by atoms with E-state index >= 15 is 0 Å². The maximum Gasteiger partial charge on any atom is 0.126 e. The minimum Gasteiger partial charge on any atom is -0.381 e. The summed E-state index contributed by atoms with van der Waals surface area (Å²) in [6.45, 7) is 10.3. The summed E-state index contributed by atoms with van der Waals surface area (Å²) in [7, 11) is 0. The highest BCUT2D eigenvalue weighted by molar-refractivity contribution is 6.31. The van der Waals surface area contributed by atoms with Crippen LogP contribution < -0.4 is 5.32 Å². The summed E-state index contributed by atoms with van der Waals surface area (Å²) in [4.78, 5) is 4.41. The first kappa shape index (κ1) is 14.6. The molecule has 0 radical (unpaired) electrons. The molecule has 19 heavy (non-hydrogen) atoms. The molecule has 1 aromatic rings. The lowest BCUT2D eigenvalue weighted by Crippen LogP contribution is -2.40. The molecule has 0 spiro atoms. The Morgan fingerprint density at radius 1 is 1.32 bits per heavy atom. The molecule has 4 heteroatoms. The van der Waals surface area contributed by atoms with Crippen molar-refractivity contribution in [3.05, 3.63) is 22.8 Å². The molecule has 0 aromatic carbocycles. The number of hydrogen-bond acceptors (Lipinski definition) is 3. The molecule has 1 aromatic heterocycles. The maximum atomic E-state index is 6.25. The van der Waals surface area contributed by atoms with Gasteiger partial charge in [-0.2, -0.15) is 0 Å². The third-order valence-corrected chi connectivity index (χ3v) is 3.99. The van der Waals surface area contributed by atoms with Gasteiger partial charge in [0.1, 0.15) is 5.82 Å². The molecule has 1 aliphatic rings. The summed E-state index contributed by atoms with van der Waals surface area (Å²) in [5, 5.41) is 4.28. The van der Waals surface area contributed by atoms with E-state index in [4.69, 9.17) is 16.3 Å². The van der Waals surface area contributed by atoms with Gasteiger partial charge in [-0.1, -0.05) is 32.4 Å². The number of rotatable bonds is 2. The highest BCUT2D eigenvalue weighted by Crippen LogP contribution is 2.32. The molecule has 0 unspecified atom stereocenters. The van der Waals surface area contributed by atoms with Crippen molar-refractivity contribution in [2.45, 2.75) is 51.5 Å². The number of hydrogen-bond donors (Lipinski definition) is 1. The molecule has 1 saturated heterocycles. The number of nitrogens with zero attached hydrogens (tertiary/aromatic N) is 1. The topological polar surface area (TPSA) is 34.2 Å². The molecule has 106 valence electrons. The number of halogens is 1. The zero-order valence-corrected chi connectivity index (χ0v) is 13.0. The monoisotopic (exact) mass is 282 g/mol. The maximum absolute atomic E-state index is 6.25. The number of anilines is 1. The molecule has 0 atom stereocenters. The second kappa shape index (κ2) is 5.29.